The van der Waals surface area contributed by atoms with E-state index >= 15 is 0 Å². The molecule has 5 N–H and O–H groups in total. The molecule has 0 aliphatic carbocycles. The number of phenols is 2. The van der Waals surface area contributed by atoms with Crippen LogP contribution < -0.4 is 5.73 Å². The van der Waals surface area contributed by atoms with Gasteiger partial charge in [-0.1, -0.05) is 36.4 Å². The number of allylic oxidation sites excluding steroid dienone is 2. The summed E-state index contributed by atoms with van der Waals surface area (Å²) >= 11 is 0. The van der Waals surface area contributed by atoms with Crippen molar-refractivity contribution in [3.63, 3.8) is 0 Å². The molecular weight excluding hydrogens is 358 g/mol. The van der Waals surface area contributed by atoms with Crippen LogP contribution >= 0.6 is 0 Å². The molecule has 0 unspecified atom stereocenters. The molecule has 0 aromatic heterocycles. The summed E-state index contributed by atoms with van der Waals surface area (Å²) in [7, 11) is 0. The number of hydrogen-bond donors (Lipinski definition) is 4. The zero-order chi connectivity index (χ0) is 20.5. The zero-order valence-electron chi connectivity index (χ0n) is 15.6. The van der Waals surface area contributed by atoms with Crippen molar-refractivity contribution < 1.29 is 24.9 Å². The van der Waals surface area contributed by atoms with Crippen LogP contribution in [0, 0.1) is 0 Å². The Kier molecular flexibility index (Phi) is 7.63. The number of aryl methyl sites for hydroxylation is 2. The molecule has 2 aromatic carbocycles. The summed E-state index contributed by atoms with van der Waals surface area (Å²) in [6.07, 6.45) is 6.05. The fourth-order valence-electron chi connectivity index (χ4n) is 2.86. The van der Waals surface area contributed by atoms with Crippen LogP contribution in [0.5, 0.6) is 11.5 Å². The Labute approximate surface area is 163 Å². The Hall–Kier alpha value is -3.28. The van der Waals surface area contributed by atoms with Crippen LogP contribution in [0.1, 0.15) is 35.1 Å². The highest BCUT2D eigenvalue weighted by Crippen LogP contribution is 2.22. The summed E-state index contributed by atoms with van der Waals surface area (Å²) in [6, 6.07) is 10.3. The van der Waals surface area contributed by atoms with Gasteiger partial charge in [0.25, 0.3) is 0 Å². The number of aliphatic carboxylic acids is 1. The lowest BCUT2D eigenvalue weighted by Crippen LogP contribution is -2.11. The van der Waals surface area contributed by atoms with Gasteiger partial charge in [0.15, 0.2) is 0 Å². The van der Waals surface area contributed by atoms with Crippen molar-refractivity contribution in [3.8, 4) is 11.5 Å². The number of carboxylic acids is 1. The molecule has 0 fully saturated rings. The fraction of sp³-hybridized carbons (Fsp3) is 0.273. The number of carbonyl (C=O) groups excluding carboxylic acids is 1. The van der Waals surface area contributed by atoms with E-state index < -0.39 is 5.97 Å². The minimum atomic E-state index is -0.854. The van der Waals surface area contributed by atoms with Crippen molar-refractivity contribution in [3.05, 3.63) is 70.8 Å². The number of primary amides is 1. The third-order valence-corrected chi connectivity index (χ3v) is 4.42. The number of benzene rings is 2. The SMILES string of the molecule is NC(=O)CCc1ccc(O)c(CC=CCc2cc(CCC(=O)O)ccc2O)c1. The van der Waals surface area contributed by atoms with Crippen LogP contribution in [0.4, 0.5) is 0 Å². The number of nitrogens with two attached hydrogens (primary N) is 1. The van der Waals surface area contributed by atoms with Gasteiger partial charge in [-0.05, 0) is 60.1 Å². The predicted octanol–water partition coefficient (Wildman–Crippen LogP) is 2.87. The Morgan fingerprint density at radius 1 is 0.821 bits per heavy atom. The molecule has 6 heteroatoms. The van der Waals surface area contributed by atoms with Crippen molar-refractivity contribution >= 4 is 11.9 Å². The molecule has 2 rings (SSSR count). The monoisotopic (exact) mass is 383 g/mol. The minimum absolute atomic E-state index is 0.0470. The number of carboxylic acid groups (broad SMARTS) is 1. The van der Waals surface area contributed by atoms with E-state index in [2.05, 4.69) is 0 Å². The quantitative estimate of drug-likeness (QED) is 0.470. The van der Waals surface area contributed by atoms with E-state index in [0.717, 1.165) is 22.3 Å². The van der Waals surface area contributed by atoms with Crippen LogP contribution in [0.3, 0.4) is 0 Å². The lowest BCUT2D eigenvalue weighted by atomic mass is 10.0. The average molecular weight is 383 g/mol. The first-order chi connectivity index (χ1) is 13.3. The van der Waals surface area contributed by atoms with E-state index in [4.69, 9.17) is 10.8 Å². The van der Waals surface area contributed by atoms with E-state index in [1.807, 2.05) is 24.3 Å². The summed E-state index contributed by atoms with van der Waals surface area (Å²) in [5.41, 5.74) is 8.44. The first-order valence-electron chi connectivity index (χ1n) is 9.11. The topological polar surface area (TPSA) is 121 Å². The fourth-order valence-corrected chi connectivity index (χ4v) is 2.86. The molecular formula is C22H25NO5. The third-order valence-electron chi connectivity index (χ3n) is 4.42. The number of amides is 1. The van der Waals surface area contributed by atoms with Crippen molar-refractivity contribution in [2.45, 2.75) is 38.5 Å². The molecule has 2 aromatic rings. The molecule has 0 aliphatic heterocycles. The van der Waals surface area contributed by atoms with Crippen LogP contribution in [-0.2, 0) is 35.3 Å². The van der Waals surface area contributed by atoms with Crippen LogP contribution in [0.25, 0.3) is 0 Å². The number of phenolic OH excluding ortho intramolecular Hbond substituents is 2. The zero-order valence-corrected chi connectivity index (χ0v) is 15.6. The van der Waals surface area contributed by atoms with E-state index in [-0.39, 0.29) is 30.2 Å². The van der Waals surface area contributed by atoms with Crippen LogP contribution in [-0.4, -0.2) is 27.2 Å². The van der Waals surface area contributed by atoms with Gasteiger partial charge in [0.05, 0.1) is 0 Å². The molecule has 148 valence electrons. The second kappa shape index (κ2) is 10.2. The van der Waals surface area contributed by atoms with Gasteiger partial charge >= 0.3 is 5.97 Å². The summed E-state index contributed by atoms with van der Waals surface area (Å²) in [6.45, 7) is 0. The highest BCUT2D eigenvalue weighted by atomic mass is 16.4. The van der Waals surface area contributed by atoms with Crippen LogP contribution in [0.15, 0.2) is 48.6 Å². The van der Waals surface area contributed by atoms with E-state index in [1.165, 1.54) is 0 Å². The van der Waals surface area contributed by atoms with Crippen molar-refractivity contribution in [1.29, 1.82) is 0 Å². The Bertz CT molecular complexity index is 802. The summed E-state index contributed by atoms with van der Waals surface area (Å²) in [5.74, 6) is -0.863. The lowest BCUT2D eigenvalue weighted by molar-refractivity contribution is -0.137. The molecule has 1 amide bonds. The summed E-state index contributed by atoms with van der Waals surface area (Å²) in [5, 5.41) is 28.8. The standard InChI is InChI=1S/C22H25NO5/c23-21(26)11-7-15-5-9-19(24)17(13-15)3-1-2-4-18-14-16(6-10-20(18)25)8-12-22(27)28/h1-2,5-6,9-10,13-14,24-25H,3-4,7-8,11-12H2,(H2,23,26)(H,27,28). The van der Waals surface area contributed by atoms with E-state index in [0.29, 0.717) is 25.7 Å². The van der Waals surface area contributed by atoms with Crippen molar-refractivity contribution in [2.75, 3.05) is 0 Å². The molecule has 0 saturated heterocycles. The highest BCUT2D eigenvalue weighted by molar-refractivity contribution is 5.74. The van der Waals surface area contributed by atoms with Crippen molar-refractivity contribution in [2.24, 2.45) is 5.73 Å². The molecule has 0 spiro atoms. The Morgan fingerprint density at radius 2 is 1.29 bits per heavy atom. The van der Waals surface area contributed by atoms with E-state index in [1.54, 1.807) is 24.3 Å². The first-order valence-corrected chi connectivity index (χ1v) is 9.11. The second-order valence-electron chi connectivity index (χ2n) is 6.67. The average Bonchev–Trinajstić information content (AvgIpc) is 2.65. The maximum atomic E-state index is 10.9. The van der Waals surface area contributed by atoms with Gasteiger partial charge in [-0.2, -0.15) is 0 Å². The van der Waals surface area contributed by atoms with Crippen LogP contribution in [0.2, 0.25) is 0 Å². The van der Waals surface area contributed by atoms with E-state index in [9.17, 15) is 19.8 Å². The summed E-state index contributed by atoms with van der Waals surface area (Å²) < 4.78 is 0. The number of carbonyl (C=O) groups is 2. The van der Waals surface area contributed by atoms with Gasteiger partial charge in [0.1, 0.15) is 11.5 Å². The van der Waals surface area contributed by atoms with Gasteiger partial charge < -0.3 is 21.1 Å². The molecule has 0 radical (unpaired) electrons. The van der Waals surface area contributed by atoms with Gasteiger partial charge in [-0.25, -0.2) is 0 Å². The molecule has 0 atom stereocenters. The maximum Gasteiger partial charge on any atom is 0.303 e. The molecule has 0 heterocycles. The number of aromatic hydroxyl groups is 2. The normalized spacial score (nSPS) is 11.0. The summed E-state index contributed by atoms with van der Waals surface area (Å²) in [4.78, 5) is 21.6. The Balaban J connectivity index is 1.98. The van der Waals surface area contributed by atoms with Gasteiger partial charge in [-0.15, -0.1) is 0 Å². The smallest absolute Gasteiger partial charge is 0.303 e. The highest BCUT2D eigenvalue weighted by Gasteiger charge is 2.05. The van der Waals surface area contributed by atoms with Crippen molar-refractivity contribution in [1.82, 2.24) is 0 Å². The molecule has 0 saturated carbocycles. The lowest BCUT2D eigenvalue weighted by Gasteiger charge is -2.07. The molecule has 0 bridgehead atoms. The largest absolute Gasteiger partial charge is 0.508 e. The number of rotatable bonds is 10. The van der Waals surface area contributed by atoms with Gasteiger partial charge in [0, 0.05) is 12.8 Å². The number of hydrogen-bond acceptors (Lipinski definition) is 4. The predicted molar refractivity (Wildman–Crippen MR) is 106 cm³/mol. The third kappa shape index (κ3) is 6.79. The maximum absolute atomic E-state index is 10.9. The molecule has 28 heavy (non-hydrogen) atoms. The van der Waals surface area contributed by atoms with Gasteiger partial charge in [-0.3, -0.25) is 9.59 Å². The molecule has 0 aliphatic rings. The Morgan fingerprint density at radius 3 is 1.71 bits per heavy atom. The minimum Gasteiger partial charge on any atom is -0.508 e. The molecule has 6 nitrogen and oxygen atoms in total. The second-order valence-corrected chi connectivity index (χ2v) is 6.67. The first kappa shape index (κ1) is 21.0. The van der Waals surface area contributed by atoms with Gasteiger partial charge in [0.2, 0.25) is 5.91 Å².